The molecule has 1 aliphatic carbocycles. The number of esters is 2. The van der Waals surface area contributed by atoms with Gasteiger partial charge >= 0.3 is 11.9 Å². The smallest absolute Gasteiger partial charge is 0.314 e. The third-order valence-corrected chi connectivity index (χ3v) is 8.56. The minimum atomic E-state index is -0.189. The molecule has 1 unspecified atom stereocenters. The van der Waals surface area contributed by atoms with Crippen LogP contribution in [0, 0.1) is 39.5 Å². The Morgan fingerprint density at radius 1 is 0.789 bits per heavy atom. The lowest BCUT2D eigenvalue weighted by Crippen LogP contribution is -2.30. The Morgan fingerprint density at radius 2 is 1.21 bits per heavy atom. The molecule has 1 atom stereocenters. The zero-order chi connectivity index (χ0) is 28.4. The molecule has 1 fully saturated rings. The number of hydrogen-bond donors (Lipinski definition) is 0. The van der Waals surface area contributed by atoms with E-state index in [0.29, 0.717) is 37.4 Å². The standard InChI is InChI=1S/C34H48O4/c1-11-25(8)37-32(35)26-12-14-27(15-13-26)33(36)38-31-23(6)18-29(19-24(31)7)34(9,10)28-16-21(4)30(20(2)3)22(5)17-28/h16-20,25-27H,11-15H2,1-10H3. The fourth-order valence-electron chi connectivity index (χ4n) is 6.01. The van der Waals surface area contributed by atoms with Gasteiger partial charge in [0.1, 0.15) is 5.75 Å². The van der Waals surface area contributed by atoms with Gasteiger partial charge in [-0.2, -0.15) is 0 Å². The molecular weight excluding hydrogens is 472 g/mol. The largest absolute Gasteiger partial charge is 0.462 e. The van der Waals surface area contributed by atoms with Crippen molar-refractivity contribution in [2.75, 3.05) is 0 Å². The van der Waals surface area contributed by atoms with E-state index in [1.165, 1.54) is 27.8 Å². The summed E-state index contributed by atoms with van der Waals surface area (Å²) in [6.07, 6.45) is 3.42. The highest BCUT2D eigenvalue weighted by Gasteiger charge is 2.33. The molecule has 0 heterocycles. The van der Waals surface area contributed by atoms with Gasteiger partial charge in [-0.25, -0.2) is 0 Å². The molecule has 1 saturated carbocycles. The van der Waals surface area contributed by atoms with Crippen LogP contribution < -0.4 is 4.74 Å². The van der Waals surface area contributed by atoms with E-state index in [0.717, 1.165) is 17.5 Å². The van der Waals surface area contributed by atoms with Crippen molar-refractivity contribution in [2.24, 2.45) is 11.8 Å². The summed E-state index contributed by atoms with van der Waals surface area (Å²) in [7, 11) is 0. The molecule has 0 radical (unpaired) electrons. The first-order valence-electron chi connectivity index (χ1n) is 14.4. The number of carbonyl (C=O) groups excluding carboxylic acids is 2. The van der Waals surface area contributed by atoms with Crippen LogP contribution in [0.25, 0.3) is 0 Å². The summed E-state index contributed by atoms with van der Waals surface area (Å²) in [6.45, 7) is 21.4. The van der Waals surface area contributed by atoms with Gasteiger partial charge in [0, 0.05) is 5.41 Å². The summed E-state index contributed by atoms with van der Waals surface area (Å²) >= 11 is 0. The third kappa shape index (κ3) is 6.50. The number of hydrogen-bond acceptors (Lipinski definition) is 4. The van der Waals surface area contributed by atoms with Crippen molar-refractivity contribution in [3.05, 3.63) is 63.2 Å². The maximum absolute atomic E-state index is 13.1. The average molecular weight is 521 g/mol. The lowest BCUT2D eigenvalue weighted by molar-refractivity contribution is -0.156. The molecule has 4 nitrogen and oxygen atoms in total. The first-order valence-corrected chi connectivity index (χ1v) is 14.4. The Bertz CT molecular complexity index is 1120. The van der Waals surface area contributed by atoms with Crippen LogP contribution in [-0.2, 0) is 19.7 Å². The molecule has 0 amide bonds. The lowest BCUT2D eigenvalue weighted by atomic mass is 9.75. The van der Waals surface area contributed by atoms with Gasteiger partial charge < -0.3 is 9.47 Å². The second kappa shape index (κ2) is 12.1. The molecule has 0 aliphatic heterocycles. The maximum Gasteiger partial charge on any atom is 0.314 e. The molecule has 0 saturated heterocycles. The molecule has 1 aliphatic rings. The Balaban J connectivity index is 1.73. The molecule has 2 aromatic carbocycles. The monoisotopic (exact) mass is 520 g/mol. The topological polar surface area (TPSA) is 52.6 Å². The minimum Gasteiger partial charge on any atom is -0.462 e. The highest BCUT2D eigenvalue weighted by atomic mass is 16.5. The fraction of sp³-hybridized carbons (Fsp3) is 0.588. The first kappa shape index (κ1) is 29.9. The second-order valence-electron chi connectivity index (χ2n) is 12.4. The summed E-state index contributed by atoms with van der Waals surface area (Å²) < 4.78 is 11.5. The Kier molecular flexibility index (Phi) is 9.49. The highest BCUT2D eigenvalue weighted by molar-refractivity contribution is 5.77. The van der Waals surface area contributed by atoms with Crippen molar-refractivity contribution >= 4 is 11.9 Å². The van der Waals surface area contributed by atoms with E-state index < -0.39 is 0 Å². The lowest BCUT2D eigenvalue weighted by Gasteiger charge is -2.30. The number of benzene rings is 2. The van der Waals surface area contributed by atoms with Crippen LogP contribution in [0.3, 0.4) is 0 Å². The molecule has 38 heavy (non-hydrogen) atoms. The quantitative estimate of drug-likeness (QED) is 0.259. The Morgan fingerprint density at radius 3 is 1.63 bits per heavy atom. The Hall–Kier alpha value is -2.62. The van der Waals surface area contributed by atoms with Crippen molar-refractivity contribution in [3.8, 4) is 5.75 Å². The first-order chi connectivity index (χ1) is 17.8. The number of rotatable bonds is 8. The molecule has 208 valence electrons. The van der Waals surface area contributed by atoms with Crippen molar-refractivity contribution in [3.63, 3.8) is 0 Å². The van der Waals surface area contributed by atoms with Gasteiger partial charge in [-0.3, -0.25) is 9.59 Å². The zero-order valence-electron chi connectivity index (χ0n) is 25.3. The summed E-state index contributed by atoms with van der Waals surface area (Å²) in [6, 6.07) is 8.99. The highest BCUT2D eigenvalue weighted by Crippen LogP contribution is 2.39. The summed E-state index contributed by atoms with van der Waals surface area (Å²) in [5.41, 5.74) is 8.37. The van der Waals surface area contributed by atoms with Gasteiger partial charge in [0.2, 0.25) is 0 Å². The molecule has 0 N–H and O–H groups in total. The van der Waals surface area contributed by atoms with Crippen LogP contribution in [0.15, 0.2) is 24.3 Å². The van der Waals surface area contributed by atoms with E-state index >= 15 is 0 Å². The number of ether oxygens (including phenoxy) is 2. The van der Waals surface area contributed by atoms with E-state index in [1.807, 2.05) is 27.7 Å². The van der Waals surface area contributed by atoms with Crippen molar-refractivity contribution < 1.29 is 19.1 Å². The SMILES string of the molecule is CCC(C)OC(=O)C1CCC(C(=O)Oc2c(C)cc(C(C)(C)c3cc(C)c(C(C)C)c(C)c3)cc2C)CC1. The summed E-state index contributed by atoms with van der Waals surface area (Å²) in [5.74, 6) is 0.560. The molecule has 2 aromatic rings. The van der Waals surface area contributed by atoms with Crippen molar-refractivity contribution in [1.29, 1.82) is 0 Å². The van der Waals surface area contributed by atoms with Crippen LogP contribution in [0.5, 0.6) is 5.75 Å². The zero-order valence-corrected chi connectivity index (χ0v) is 25.3. The molecule has 0 aromatic heterocycles. The molecule has 4 heteroatoms. The van der Waals surface area contributed by atoms with Crippen molar-refractivity contribution in [1.82, 2.24) is 0 Å². The van der Waals surface area contributed by atoms with E-state index in [4.69, 9.17) is 9.47 Å². The van der Waals surface area contributed by atoms with Crippen LogP contribution in [0.1, 0.15) is 119 Å². The minimum absolute atomic E-state index is 0.0588. The van der Waals surface area contributed by atoms with Crippen molar-refractivity contribution in [2.45, 2.75) is 119 Å². The molecular formula is C34H48O4. The number of aryl methyl sites for hydroxylation is 4. The van der Waals surface area contributed by atoms with Crippen LogP contribution in [0.2, 0.25) is 0 Å². The normalized spacial score (nSPS) is 18.8. The molecule has 0 bridgehead atoms. The van der Waals surface area contributed by atoms with Gasteiger partial charge in [0.15, 0.2) is 0 Å². The molecule has 3 rings (SSSR count). The number of carbonyl (C=O) groups is 2. The predicted octanol–water partition coefficient (Wildman–Crippen LogP) is 8.42. The van der Waals surface area contributed by atoms with Gasteiger partial charge in [-0.05, 0) is 112 Å². The fourth-order valence-corrected chi connectivity index (χ4v) is 6.01. The molecule has 0 spiro atoms. The van der Waals surface area contributed by atoms with Gasteiger partial charge in [-0.1, -0.05) is 58.9 Å². The average Bonchev–Trinajstić information content (AvgIpc) is 2.85. The van der Waals surface area contributed by atoms with E-state index in [1.54, 1.807) is 0 Å². The van der Waals surface area contributed by atoms with E-state index in [2.05, 4.69) is 65.8 Å². The summed E-state index contributed by atoms with van der Waals surface area (Å²) in [4.78, 5) is 25.5. The summed E-state index contributed by atoms with van der Waals surface area (Å²) in [5, 5.41) is 0. The van der Waals surface area contributed by atoms with Gasteiger partial charge in [-0.15, -0.1) is 0 Å². The maximum atomic E-state index is 13.1. The van der Waals surface area contributed by atoms with Crippen LogP contribution >= 0.6 is 0 Å². The van der Waals surface area contributed by atoms with Crippen LogP contribution in [-0.4, -0.2) is 18.0 Å². The van der Waals surface area contributed by atoms with Gasteiger partial charge in [0.25, 0.3) is 0 Å². The second-order valence-corrected chi connectivity index (χ2v) is 12.4. The predicted molar refractivity (Wildman–Crippen MR) is 155 cm³/mol. The van der Waals surface area contributed by atoms with Crippen LogP contribution in [0.4, 0.5) is 0 Å². The third-order valence-electron chi connectivity index (χ3n) is 8.56. The van der Waals surface area contributed by atoms with E-state index in [9.17, 15) is 9.59 Å². The van der Waals surface area contributed by atoms with Gasteiger partial charge in [0.05, 0.1) is 17.9 Å². The van der Waals surface area contributed by atoms with E-state index in [-0.39, 0.29) is 35.3 Å². The Labute approximate surface area is 230 Å².